The Labute approximate surface area is 91.5 Å². The molecule has 0 heterocycles. The highest BCUT2D eigenvalue weighted by molar-refractivity contribution is 5.52. The van der Waals surface area contributed by atoms with Crippen LogP contribution in [-0.4, -0.2) is 6.04 Å². The molecule has 1 N–H and O–H groups in total. The summed E-state index contributed by atoms with van der Waals surface area (Å²) in [5, 5.41) is 3.56. The quantitative estimate of drug-likeness (QED) is 0.785. The van der Waals surface area contributed by atoms with Crippen LogP contribution < -0.4 is 5.32 Å². The van der Waals surface area contributed by atoms with E-state index < -0.39 is 0 Å². The monoisotopic (exact) mass is 199 g/mol. The van der Waals surface area contributed by atoms with Gasteiger partial charge in [0.15, 0.2) is 0 Å². The number of hydrogen-bond acceptors (Lipinski definition) is 1. The molecule has 15 heavy (non-hydrogen) atoms. The van der Waals surface area contributed by atoms with Crippen LogP contribution >= 0.6 is 0 Å². The Morgan fingerprint density at radius 2 is 2.13 bits per heavy atom. The largest absolute Gasteiger partial charge is 0.378 e. The summed E-state index contributed by atoms with van der Waals surface area (Å²) in [4.78, 5) is 0. The molecule has 0 fully saturated rings. The second-order valence-electron chi connectivity index (χ2n) is 3.81. The SMILES string of the molecule is CCc1ccccc1NC1C=CC=CC1. The van der Waals surface area contributed by atoms with E-state index in [4.69, 9.17) is 0 Å². The van der Waals surface area contributed by atoms with Crippen molar-refractivity contribution in [1.29, 1.82) is 0 Å². The van der Waals surface area contributed by atoms with E-state index in [2.05, 4.69) is 60.8 Å². The fourth-order valence-corrected chi connectivity index (χ4v) is 1.86. The highest BCUT2D eigenvalue weighted by Gasteiger charge is 2.06. The standard InChI is InChI=1S/C14H17N/c1-2-12-8-6-7-11-14(12)15-13-9-4-3-5-10-13/h3-9,11,13,15H,2,10H2,1H3. The van der Waals surface area contributed by atoms with Gasteiger partial charge in [0.25, 0.3) is 0 Å². The number of anilines is 1. The third kappa shape index (κ3) is 2.50. The number of rotatable bonds is 3. The predicted octanol–water partition coefficient (Wildman–Crippen LogP) is 3.55. The summed E-state index contributed by atoms with van der Waals surface area (Å²) in [5.74, 6) is 0. The Hall–Kier alpha value is -1.50. The molecule has 1 heteroatoms. The molecule has 0 aliphatic heterocycles. The minimum absolute atomic E-state index is 0.447. The Kier molecular flexibility index (Phi) is 3.23. The van der Waals surface area contributed by atoms with Crippen LogP contribution in [0.1, 0.15) is 18.9 Å². The van der Waals surface area contributed by atoms with Gasteiger partial charge in [-0.05, 0) is 24.5 Å². The van der Waals surface area contributed by atoms with Gasteiger partial charge in [-0.2, -0.15) is 0 Å². The highest BCUT2D eigenvalue weighted by atomic mass is 14.9. The zero-order chi connectivity index (χ0) is 10.5. The first-order valence-electron chi connectivity index (χ1n) is 5.58. The maximum absolute atomic E-state index is 3.56. The van der Waals surface area contributed by atoms with Crippen LogP contribution in [0.15, 0.2) is 48.6 Å². The average Bonchev–Trinajstić information content (AvgIpc) is 2.31. The Morgan fingerprint density at radius 3 is 2.87 bits per heavy atom. The topological polar surface area (TPSA) is 12.0 Å². The molecule has 0 saturated heterocycles. The van der Waals surface area contributed by atoms with Crippen LogP contribution in [0.5, 0.6) is 0 Å². The van der Waals surface area contributed by atoms with Gasteiger partial charge in [-0.15, -0.1) is 0 Å². The molecule has 0 saturated carbocycles. The van der Waals surface area contributed by atoms with Gasteiger partial charge in [-0.3, -0.25) is 0 Å². The van der Waals surface area contributed by atoms with E-state index in [1.165, 1.54) is 11.3 Å². The maximum Gasteiger partial charge on any atom is 0.0482 e. The summed E-state index contributed by atoms with van der Waals surface area (Å²) in [6.45, 7) is 2.19. The van der Waals surface area contributed by atoms with E-state index in [0.29, 0.717) is 6.04 Å². The predicted molar refractivity (Wildman–Crippen MR) is 66.1 cm³/mol. The first-order valence-corrected chi connectivity index (χ1v) is 5.58. The second kappa shape index (κ2) is 4.83. The minimum atomic E-state index is 0.447. The van der Waals surface area contributed by atoms with Gasteiger partial charge in [0.05, 0.1) is 0 Å². The van der Waals surface area contributed by atoms with Crippen molar-refractivity contribution in [2.24, 2.45) is 0 Å². The summed E-state index contributed by atoms with van der Waals surface area (Å²) in [7, 11) is 0. The summed E-state index contributed by atoms with van der Waals surface area (Å²) >= 11 is 0. The molecule has 0 spiro atoms. The lowest BCUT2D eigenvalue weighted by molar-refractivity contribution is 0.879. The number of benzene rings is 1. The summed E-state index contributed by atoms with van der Waals surface area (Å²) in [5.41, 5.74) is 2.66. The van der Waals surface area contributed by atoms with Crippen LogP contribution in [0.3, 0.4) is 0 Å². The average molecular weight is 199 g/mol. The van der Waals surface area contributed by atoms with Crippen molar-refractivity contribution in [3.63, 3.8) is 0 Å². The fourth-order valence-electron chi connectivity index (χ4n) is 1.86. The molecule has 0 aromatic heterocycles. The molecular weight excluding hydrogens is 182 g/mol. The summed E-state index contributed by atoms with van der Waals surface area (Å²) < 4.78 is 0. The molecule has 78 valence electrons. The van der Waals surface area contributed by atoms with Crippen molar-refractivity contribution in [1.82, 2.24) is 0 Å². The van der Waals surface area contributed by atoms with Crippen LogP contribution in [0, 0.1) is 0 Å². The van der Waals surface area contributed by atoms with Gasteiger partial charge in [-0.25, -0.2) is 0 Å². The number of allylic oxidation sites excluding steroid dienone is 2. The first-order chi connectivity index (χ1) is 7.40. The zero-order valence-corrected chi connectivity index (χ0v) is 9.11. The maximum atomic E-state index is 3.56. The molecule has 1 atom stereocenters. The van der Waals surface area contributed by atoms with E-state index in [1.54, 1.807) is 0 Å². The van der Waals surface area contributed by atoms with Gasteiger partial charge in [0.2, 0.25) is 0 Å². The van der Waals surface area contributed by atoms with Crippen molar-refractivity contribution in [3.8, 4) is 0 Å². The van der Waals surface area contributed by atoms with Gasteiger partial charge < -0.3 is 5.32 Å². The molecular formula is C14H17N. The third-order valence-electron chi connectivity index (χ3n) is 2.72. The molecule has 1 unspecified atom stereocenters. The lowest BCUT2D eigenvalue weighted by Gasteiger charge is -2.18. The van der Waals surface area contributed by atoms with Crippen LogP contribution in [0.2, 0.25) is 0 Å². The van der Waals surface area contributed by atoms with Crippen LogP contribution in [0.25, 0.3) is 0 Å². The minimum Gasteiger partial charge on any atom is -0.378 e. The molecule has 1 aliphatic rings. The van der Waals surface area contributed by atoms with Crippen molar-refractivity contribution in [3.05, 3.63) is 54.1 Å². The van der Waals surface area contributed by atoms with Gasteiger partial charge in [-0.1, -0.05) is 49.4 Å². The van der Waals surface area contributed by atoms with E-state index in [-0.39, 0.29) is 0 Å². The Balaban J connectivity index is 2.09. The lowest BCUT2D eigenvalue weighted by Crippen LogP contribution is -2.17. The molecule has 1 aromatic carbocycles. The third-order valence-corrected chi connectivity index (χ3v) is 2.72. The summed E-state index contributed by atoms with van der Waals surface area (Å²) in [6, 6.07) is 8.97. The van der Waals surface area contributed by atoms with Crippen molar-refractivity contribution < 1.29 is 0 Å². The normalized spacial score (nSPS) is 19.1. The molecule has 1 aliphatic carbocycles. The number of aryl methyl sites for hydroxylation is 1. The van der Waals surface area contributed by atoms with E-state index >= 15 is 0 Å². The molecule has 1 aromatic rings. The Morgan fingerprint density at radius 1 is 1.27 bits per heavy atom. The smallest absolute Gasteiger partial charge is 0.0482 e. The second-order valence-corrected chi connectivity index (χ2v) is 3.81. The molecule has 2 rings (SSSR count). The zero-order valence-electron chi connectivity index (χ0n) is 9.11. The number of hydrogen-bond donors (Lipinski definition) is 1. The fraction of sp³-hybridized carbons (Fsp3) is 0.286. The Bertz CT molecular complexity index is 377. The molecule has 1 nitrogen and oxygen atoms in total. The van der Waals surface area contributed by atoms with Gasteiger partial charge in [0, 0.05) is 11.7 Å². The van der Waals surface area contributed by atoms with Crippen LogP contribution in [-0.2, 0) is 6.42 Å². The number of nitrogens with one attached hydrogen (secondary N) is 1. The lowest BCUT2D eigenvalue weighted by atomic mass is 10.1. The van der Waals surface area contributed by atoms with Crippen LogP contribution in [0.4, 0.5) is 5.69 Å². The van der Waals surface area contributed by atoms with E-state index in [0.717, 1.165) is 12.8 Å². The highest BCUT2D eigenvalue weighted by Crippen LogP contribution is 2.18. The molecule has 0 amide bonds. The van der Waals surface area contributed by atoms with Gasteiger partial charge in [0.1, 0.15) is 0 Å². The summed E-state index contributed by atoms with van der Waals surface area (Å²) in [6.07, 6.45) is 10.8. The first kappa shape index (κ1) is 10.0. The van der Waals surface area contributed by atoms with E-state index in [1.807, 2.05) is 0 Å². The molecule has 0 radical (unpaired) electrons. The van der Waals surface area contributed by atoms with E-state index in [9.17, 15) is 0 Å². The molecule has 0 bridgehead atoms. The van der Waals surface area contributed by atoms with Crippen molar-refractivity contribution in [2.75, 3.05) is 5.32 Å². The van der Waals surface area contributed by atoms with Crippen molar-refractivity contribution in [2.45, 2.75) is 25.8 Å². The number of para-hydroxylation sites is 1. The van der Waals surface area contributed by atoms with Crippen molar-refractivity contribution >= 4 is 5.69 Å². The van der Waals surface area contributed by atoms with Gasteiger partial charge >= 0.3 is 0 Å².